The quantitative estimate of drug-likeness (QED) is 0.0226. The van der Waals surface area contributed by atoms with Gasteiger partial charge in [-0.3, -0.25) is 4.18 Å². The second kappa shape index (κ2) is 41.8. The van der Waals surface area contributed by atoms with Gasteiger partial charge in [-0.25, -0.2) is 8.42 Å². The van der Waals surface area contributed by atoms with Crippen molar-refractivity contribution in [3.05, 3.63) is 31.3 Å². The van der Waals surface area contributed by atoms with E-state index in [0.717, 1.165) is 25.5 Å². The predicted octanol–water partition coefficient (Wildman–Crippen LogP) is -3.49. The van der Waals surface area contributed by atoms with Crippen molar-refractivity contribution in [2.24, 2.45) is 15.3 Å². The van der Waals surface area contributed by atoms with Crippen LogP contribution in [0.3, 0.4) is 0 Å². The fraction of sp³-hybridized carbons (Fsp3) is 1.00. The summed E-state index contributed by atoms with van der Waals surface area (Å²) in [4.78, 5) is 7.60. The first kappa shape index (κ1) is 51.1. The number of rotatable bonds is 17. The minimum Gasteiger partial charge on any atom is -1.00 e. The van der Waals surface area contributed by atoms with E-state index in [0.29, 0.717) is 32.9 Å². The van der Waals surface area contributed by atoms with Crippen molar-refractivity contribution in [1.82, 2.24) is 0 Å². The van der Waals surface area contributed by atoms with Gasteiger partial charge in [0, 0.05) is 51.7 Å². The zero-order valence-corrected chi connectivity index (χ0v) is 29.5. The van der Waals surface area contributed by atoms with E-state index in [1.807, 2.05) is 6.92 Å². The smallest absolute Gasteiger partial charge is 1.00 e. The van der Waals surface area contributed by atoms with Gasteiger partial charge in [-0.15, -0.1) is 0 Å². The Morgan fingerprint density at radius 1 is 0.737 bits per heavy atom. The summed E-state index contributed by atoms with van der Waals surface area (Å²) in [6.07, 6.45) is 2.90. The molecule has 0 aromatic carbocycles. The molecule has 38 heavy (non-hydrogen) atoms. The van der Waals surface area contributed by atoms with E-state index in [4.69, 9.17) is 35.9 Å². The molecule has 0 unspecified atom stereocenters. The molecule has 1 N–H and O–H groups in total. The summed E-state index contributed by atoms with van der Waals surface area (Å²) in [5.74, 6) is 0. The van der Waals surface area contributed by atoms with Crippen LogP contribution in [0.2, 0.25) is 0 Å². The monoisotopic (exact) mass is 749 g/mol. The number of ether oxygens (including phenoxy) is 3. The normalized spacial score (nSPS) is 9.29. The first-order chi connectivity index (χ1) is 16.9. The van der Waals surface area contributed by atoms with E-state index in [-0.39, 0.29) is 108 Å². The van der Waals surface area contributed by atoms with E-state index in [9.17, 15) is 16.8 Å². The summed E-state index contributed by atoms with van der Waals surface area (Å²) < 4.78 is 58.7. The van der Waals surface area contributed by atoms with Crippen molar-refractivity contribution >= 4 is 29.9 Å². The number of halogens is 2. The van der Waals surface area contributed by atoms with Gasteiger partial charge in [0.2, 0.25) is 9.05 Å². The molecule has 220 valence electrons. The number of azide groups is 3. The number of hydrogen-bond acceptors (Lipinski definition) is 12. The van der Waals surface area contributed by atoms with Crippen molar-refractivity contribution in [2.45, 2.75) is 13.3 Å². The first-order valence-corrected chi connectivity index (χ1v) is 14.5. The zero-order valence-electron chi connectivity index (χ0n) is 21.8. The predicted molar refractivity (Wildman–Crippen MR) is 133 cm³/mol. The van der Waals surface area contributed by atoms with Crippen LogP contribution in [-0.4, -0.2) is 107 Å². The number of aliphatic hydroxyl groups is 1. The molecule has 0 saturated heterocycles. The Hall–Kier alpha value is 0.286. The molecule has 0 aromatic rings. The molecular weight excluding hydrogens is 716 g/mol. The summed E-state index contributed by atoms with van der Waals surface area (Å²) in [5.41, 5.74) is 23.5. The zero-order chi connectivity index (χ0) is 28.6. The summed E-state index contributed by atoms with van der Waals surface area (Å²) in [5, 5.41) is 17.9. The van der Waals surface area contributed by atoms with Crippen LogP contribution in [0.1, 0.15) is 13.3 Å². The Bertz CT molecular complexity index is 824. The summed E-state index contributed by atoms with van der Waals surface area (Å²) in [6, 6.07) is 0. The Morgan fingerprint density at radius 3 is 1.37 bits per heavy atom. The Morgan fingerprint density at radius 2 is 1.08 bits per heavy atom. The third-order valence-corrected chi connectivity index (χ3v) is 2.90. The Kier molecular flexibility index (Phi) is 56.1. The standard InChI is InChI=1S/C5H11N3O4S.C5H11N3O.C4H9N3O2.CH3ClO2S.HI.K/c1-13(9,10)12-5-4-11-3-2-7-8-6;1-2-4-9-5-3-7-8-6;5-7-6-1-3-9-4-2-8;1-5(2,3)4;;/h2-5H2,1H3;2-5H2,1H3;8H,1-4H2;1H3;1H;/q;;;;;+1/p-1. The number of aliphatic hydroxyl groups excluding tert-OH is 1. The fourth-order valence-electron chi connectivity index (χ4n) is 1.21. The molecule has 0 aliphatic heterocycles. The molecule has 0 aromatic heterocycles. The van der Waals surface area contributed by atoms with Gasteiger partial charge in [0.05, 0.1) is 58.8 Å². The SMILES string of the molecule is CCCOCCN=[N+]=[N-].CS(=O)(=O)Cl.CS(=O)(=O)OCCOCCN=[N+]=[N-].[I-].[K+].[N-]=[N+]=NCCOCCO. The largest absolute Gasteiger partial charge is 1.00 e. The van der Waals surface area contributed by atoms with Crippen molar-refractivity contribution in [2.75, 3.05) is 85.0 Å². The third-order valence-electron chi connectivity index (χ3n) is 2.31. The van der Waals surface area contributed by atoms with Crippen molar-refractivity contribution < 1.29 is 116 Å². The van der Waals surface area contributed by atoms with Gasteiger partial charge in [-0.1, -0.05) is 22.3 Å². The van der Waals surface area contributed by atoms with E-state index >= 15 is 0 Å². The molecule has 0 atom stereocenters. The first-order valence-electron chi connectivity index (χ1n) is 10.00. The summed E-state index contributed by atoms with van der Waals surface area (Å²) in [6.45, 7) is 5.43. The molecule has 0 bridgehead atoms. The van der Waals surface area contributed by atoms with Gasteiger partial charge < -0.3 is 43.3 Å². The Labute approximate surface area is 287 Å². The van der Waals surface area contributed by atoms with Crippen LogP contribution in [0.4, 0.5) is 0 Å². The van der Waals surface area contributed by atoms with Gasteiger partial charge in [0.15, 0.2) is 0 Å². The van der Waals surface area contributed by atoms with Gasteiger partial charge in [-0.2, -0.15) is 8.42 Å². The van der Waals surface area contributed by atoms with Crippen LogP contribution in [-0.2, 0) is 37.6 Å². The summed E-state index contributed by atoms with van der Waals surface area (Å²) >= 11 is 0. The number of nitrogens with zero attached hydrogens (tertiary/aromatic N) is 9. The second-order valence-electron chi connectivity index (χ2n) is 5.63. The van der Waals surface area contributed by atoms with Gasteiger partial charge in [0.25, 0.3) is 10.1 Å². The molecular formula is C15H34ClIKN9O9S2. The van der Waals surface area contributed by atoms with Crippen LogP contribution < -0.4 is 75.4 Å². The average Bonchev–Trinajstić information content (AvgIpc) is 2.77. The van der Waals surface area contributed by atoms with Crippen molar-refractivity contribution in [1.29, 1.82) is 0 Å². The summed E-state index contributed by atoms with van der Waals surface area (Å²) in [7, 11) is -2.08. The molecule has 0 radical (unpaired) electrons. The maximum absolute atomic E-state index is 10.4. The topological polar surface area (TPSA) is 272 Å². The maximum atomic E-state index is 10.4. The van der Waals surface area contributed by atoms with E-state index in [1.165, 1.54) is 0 Å². The van der Waals surface area contributed by atoms with Crippen LogP contribution in [0.25, 0.3) is 31.3 Å². The van der Waals surface area contributed by atoms with E-state index < -0.39 is 19.2 Å². The third kappa shape index (κ3) is 91.0. The molecule has 0 aliphatic rings. The van der Waals surface area contributed by atoms with Gasteiger partial charge in [-0.05, 0) is 23.0 Å². The van der Waals surface area contributed by atoms with Crippen LogP contribution in [0, 0.1) is 0 Å². The van der Waals surface area contributed by atoms with Crippen LogP contribution >= 0.6 is 10.7 Å². The molecule has 0 rings (SSSR count). The van der Waals surface area contributed by atoms with E-state index in [1.54, 1.807) is 0 Å². The van der Waals surface area contributed by atoms with Crippen molar-refractivity contribution in [3.63, 3.8) is 0 Å². The molecule has 0 heterocycles. The number of hydrogen-bond donors (Lipinski definition) is 1. The molecule has 0 amide bonds. The molecule has 0 saturated carbocycles. The average molecular weight is 750 g/mol. The van der Waals surface area contributed by atoms with Crippen molar-refractivity contribution in [3.8, 4) is 0 Å². The molecule has 0 spiro atoms. The van der Waals surface area contributed by atoms with Gasteiger partial charge in [0.1, 0.15) is 0 Å². The van der Waals surface area contributed by atoms with Gasteiger partial charge >= 0.3 is 51.4 Å². The Balaban J connectivity index is -0.0000000922. The molecule has 0 fully saturated rings. The second-order valence-corrected chi connectivity index (χ2v) is 10.3. The van der Waals surface area contributed by atoms with E-state index in [2.05, 4.69) is 44.9 Å². The maximum Gasteiger partial charge on any atom is 1.00 e. The fourth-order valence-corrected chi connectivity index (χ4v) is 1.58. The minimum absolute atomic E-state index is 0. The van der Waals surface area contributed by atoms with Crippen LogP contribution in [0.5, 0.6) is 0 Å². The van der Waals surface area contributed by atoms with Crippen LogP contribution in [0.15, 0.2) is 15.3 Å². The molecule has 0 aliphatic carbocycles. The minimum atomic E-state index is -3.38. The molecule has 23 heteroatoms. The molecule has 18 nitrogen and oxygen atoms in total.